The molecule has 0 spiro atoms. The summed E-state index contributed by atoms with van der Waals surface area (Å²) in [5.41, 5.74) is 0. The Labute approximate surface area is 171 Å². The van der Waals surface area contributed by atoms with Gasteiger partial charge < -0.3 is 9.64 Å². The first kappa shape index (κ1) is 22.4. The van der Waals surface area contributed by atoms with Crippen molar-refractivity contribution in [2.45, 2.75) is 9.79 Å². The molecule has 0 aromatic heterocycles. The number of carbonyl (C=O) groups is 1. The van der Waals surface area contributed by atoms with Gasteiger partial charge in [0.05, 0.1) is 0 Å². The fraction of sp³-hybridized carbons (Fsp3) is 0.316. The normalized spacial score (nSPS) is 11.0. The summed E-state index contributed by atoms with van der Waals surface area (Å²) in [5.74, 6) is -2.32. The Bertz CT molecular complexity index is 781. The maximum atomic E-state index is 14.1. The number of carbonyl (C=O) groups excluding carboxylic acids is 1. The predicted molar refractivity (Wildman–Crippen MR) is 106 cm³/mol. The van der Waals surface area contributed by atoms with Crippen molar-refractivity contribution in [3.63, 3.8) is 0 Å². The Morgan fingerprint density at radius 2 is 1.61 bits per heavy atom. The van der Waals surface area contributed by atoms with Crippen LogP contribution in [0.2, 0.25) is 0 Å². The lowest BCUT2D eigenvalue weighted by atomic mass is 10.3. The summed E-state index contributed by atoms with van der Waals surface area (Å²) in [7, 11) is 4.95. The molecule has 0 aliphatic carbocycles. The molecule has 152 valence electrons. The lowest BCUT2D eigenvalue weighted by molar-refractivity contribution is -0.130. The quantitative estimate of drug-likeness (QED) is 0.438. The average molecular weight is 431 g/mol. The minimum absolute atomic E-state index is 0.287. The predicted octanol–water partition coefficient (Wildman–Crippen LogP) is 4.30. The number of hydrogen-bond donors (Lipinski definition) is 0. The average Bonchev–Trinajstić information content (AvgIpc) is 2.62. The van der Waals surface area contributed by atoms with Crippen LogP contribution in [0.1, 0.15) is 0 Å². The smallest absolute Gasteiger partial charge is 0.259 e. The highest BCUT2D eigenvalue weighted by Gasteiger charge is 2.15. The lowest BCUT2D eigenvalue weighted by Gasteiger charge is -2.15. The van der Waals surface area contributed by atoms with E-state index in [0.717, 1.165) is 4.90 Å². The van der Waals surface area contributed by atoms with Gasteiger partial charge in [-0.3, -0.25) is 4.79 Å². The molecule has 0 radical (unpaired) electrons. The van der Waals surface area contributed by atoms with Crippen LogP contribution in [-0.2, 0) is 4.79 Å². The van der Waals surface area contributed by atoms with Gasteiger partial charge in [0.1, 0.15) is 5.82 Å². The molecule has 9 heteroatoms. The summed E-state index contributed by atoms with van der Waals surface area (Å²) in [5, 5.41) is 0. The second-order valence-electron chi connectivity index (χ2n) is 6.04. The number of hydrogen-bond acceptors (Lipinski definition) is 5. The number of rotatable bonds is 9. The van der Waals surface area contributed by atoms with Crippen LogP contribution in [0.25, 0.3) is 0 Å². The van der Waals surface area contributed by atoms with Crippen LogP contribution in [0.3, 0.4) is 0 Å². The highest BCUT2D eigenvalue weighted by molar-refractivity contribution is 7.99. The maximum absolute atomic E-state index is 14.1. The Hall–Kier alpha value is -1.84. The van der Waals surface area contributed by atoms with Gasteiger partial charge in [-0.1, -0.05) is 0 Å². The minimum atomic E-state index is -0.844. The van der Waals surface area contributed by atoms with E-state index in [1.54, 1.807) is 12.1 Å². The van der Waals surface area contributed by atoms with Crippen LogP contribution in [0.5, 0.6) is 5.75 Å². The van der Waals surface area contributed by atoms with E-state index in [-0.39, 0.29) is 11.7 Å². The van der Waals surface area contributed by atoms with E-state index in [2.05, 4.69) is 0 Å². The molecule has 0 bridgehead atoms. The molecule has 0 atom stereocenters. The van der Waals surface area contributed by atoms with Gasteiger partial charge in [0.2, 0.25) is 0 Å². The van der Waals surface area contributed by atoms with E-state index in [9.17, 15) is 18.0 Å². The second kappa shape index (κ2) is 10.6. The molecule has 0 fully saturated rings. The Morgan fingerprint density at radius 1 is 1.00 bits per heavy atom. The molecule has 1 amide bonds. The molecular formula is C19H21F3N2O2S2. The third-order valence-electron chi connectivity index (χ3n) is 3.56. The molecule has 0 aliphatic heterocycles. The Balaban J connectivity index is 1.85. The molecule has 0 heterocycles. The van der Waals surface area contributed by atoms with Crippen molar-refractivity contribution in [1.82, 2.24) is 9.21 Å². The van der Waals surface area contributed by atoms with Gasteiger partial charge in [0.15, 0.2) is 24.0 Å². The number of ether oxygens (including phenoxy) is 1. The van der Waals surface area contributed by atoms with Crippen LogP contribution in [0, 0.1) is 17.5 Å². The Kier molecular flexibility index (Phi) is 8.53. The molecular weight excluding hydrogens is 409 g/mol. The van der Waals surface area contributed by atoms with Crippen LogP contribution >= 0.6 is 23.7 Å². The highest BCUT2D eigenvalue weighted by atomic mass is 32.2. The van der Waals surface area contributed by atoms with Crippen LogP contribution < -0.4 is 4.74 Å². The number of thioether (sulfide) groups is 1. The fourth-order valence-corrected chi connectivity index (χ4v) is 3.92. The minimum Gasteiger partial charge on any atom is -0.478 e. The number of likely N-dealkylation sites (N-methyl/N-ethyl adjacent to an activating group) is 1. The van der Waals surface area contributed by atoms with E-state index >= 15 is 0 Å². The van der Waals surface area contributed by atoms with Crippen LogP contribution in [0.4, 0.5) is 13.2 Å². The van der Waals surface area contributed by atoms with Gasteiger partial charge in [0.25, 0.3) is 5.91 Å². The first-order valence-electron chi connectivity index (χ1n) is 8.35. The van der Waals surface area contributed by atoms with Crippen molar-refractivity contribution < 1.29 is 22.7 Å². The van der Waals surface area contributed by atoms with Crippen molar-refractivity contribution in [1.29, 1.82) is 0 Å². The van der Waals surface area contributed by atoms with E-state index in [1.807, 2.05) is 11.4 Å². The molecule has 0 saturated carbocycles. The van der Waals surface area contributed by atoms with E-state index in [0.29, 0.717) is 17.2 Å². The molecule has 0 saturated heterocycles. The van der Waals surface area contributed by atoms with Gasteiger partial charge in [-0.15, -0.1) is 11.8 Å². The molecule has 0 unspecified atom stereocenters. The summed E-state index contributed by atoms with van der Waals surface area (Å²) in [6, 6.07) is 8.55. The van der Waals surface area contributed by atoms with Crippen molar-refractivity contribution in [2.24, 2.45) is 0 Å². The van der Waals surface area contributed by atoms with Gasteiger partial charge >= 0.3 is 0 Å². The van der Waals surface area contributed by atoms with Crippen LogP contribution in [-0.4, -0.2) is 55.2 Å². The lowest BCUT2D eigenvalue weighted by Crippen LogP contribution is -2.27. The van der Waals surface area contributed by atoms with Crippen LogP contribution in [0.15, 0.2) is 46.2 Å². The van der Waals surface area contributed by atoms with Crippen molar-refractivity contribution in [3.8, 4) is 5.75 Å². The largest absolute Gasteiger partial charge is 0.478 e. The SMILES string of the molecule is CN(CCSc1cc(F)c(OCC(=O)N(C)C)c(F)c1)Sc1ccc(F)cc1. The third-order valence-corrected chi connectivity index (χ3v) is 5.49. The summed E-state index contributed by atoms with van der Waals surface area (Å²) < 4.78 is 48.1. The number of amides is 1. The summed E-state index contributed by atoms with van der Waals surface area (Å²) >= 11 is 2.76. The number of halogens is 3. The molecule has 4 nitrogen and oxygen atoms in total. The Morgan fingerprint density at radius 3 is 2.18 bits per heavy atom. The number of nitrogens with zero attached hydrogens (tertiary/aromatic N) is 2. The number of benzene rings is 2. The van der Waals surface area contributed by atoms with Gasteiger partial charge in [-0.05, 0) is 55.4 Å². The first-order valence-corrected chi connectivity index (χ1v) is 10.1. The van der Waals surface area contributed by atoms with E-state index in [1.165, 1.54) is 67.0 Å². The maximum Gasteiger partial charge on any atom is 0.259 e. The van der Waals surface area contributed by atoms with E-state index < -0.39 is 24.0 Å². The van der Waals surface area contributed by atoms with Gasteiger partial charge in [-0.2, -0.15) is 0 Å². The molecule has 0 N–H and O–H groups in total. The molecule has 28 heavy (non-hydrogen) atoms. The topological polar surface area (TPSA) is 32.8 Å². The zero-order chi connectivity index (χ0) is 20.7. The van der Waals surface area contributed by atoms with Gasteiger partial charge in [0, 0.05) is 36.2 Å². The molecule has 0 aliphatic rings. The van der Waals surface area contributed by atoms with Crippen molar-refractivity contribution >= 4 is 29.6 Å². The highest BCUT2D eigenvalue weighted by Crippen LogP contribution is 2.29. The standard InChI is InChI=1S/C19H21F3N2O2S2/c1-23(2)18(25)12-26-19-16(21)10-15(11-17(19)22)27-9-8-24(3)28-14-6-4-13(20)5-7-14/h4-7,10-11H,8-9,12H2,1-3H3. The molecule has 2 aromatic carbocycles. The third kappa shape index (κ3) is 6.96. The monoisotopic (exact) mass is 430 g/mol. The zero-order valence-corrected chi connectivity index (χ0v) is 17.4. The summed E-state index contributed by atoms with van der Waals surface area (Å²) in [6.07, 6.45) is 0. The van der Waals surface area contributed by atoms with E-state index in [4.69, 9.17) is 4.74 Å². The first-order chi connectivity index (χ1) is 13.3. The second-order valence-corrected chi connectivity index (χ2v) is 8.48. The molecule has 2 aromatic rings. The van der Waals surface area contributed by atoms with Crippen molar-refractivity contribution in [2.75, 3.05) is 40.0 Å². The molecule has 2 rings (SSSR count). The summed E-state index contributed by atoms with van der Waals surface area (Å²) in [4.78, 5) is 14.1. The van der Waals surface area contributed by atoms with Crippen molar-refractivity contribution in [3.05, 3.63) is 53.8 Å². The van der Waals surface area contributed by atoms with Gasteiger partial charge in [-0.25, -0.2) is 17.5 Å². The summed E-state index contributed by atoms with van der Waals surface area (Å²) in [6.45, 7) is 0.213. The fourth-order valence-electron chi connectivity index (χ4n) is 2.03. The zero-order valence-electron chi connectivity index (χ0n) is 15.7.